The predicted molar refractivity (Wildman–Crippen MR) is 128 cm³/mol. The van der Waals surface area contributed by atoms with Gasteiger partial charge in [-0.25, -0.2) is 23.1 Å². The summed E-state index contributed by atoms with van der Waals surface area (Å²) in [6.07, 6.45) is -4.96. The average Bonchev–Trinajstić information content (AvgIpc) is 3.21. The van der Waals surface area contributed by atoms with Crippen molar-refractivity contribution in [3.8, 4) is 5.75 Å². The summed E-state index contributed by atoms with van der Waals surface area (Å²) >= 11 is 0.897. The lowest BCUT2D eigenvalue weighted by Gasteiger charge is -2.31. The maximum Gasteiger partial charge on any atom is 0.434 e. The molecule has 0 spiro atoms. The maximum atomic E-state index is 14.7. The highest BCUT2D eigenvalue weighted by molar-refractivity contribution is 7.10. The fraction of sp³-hybridized carbons (Fsp3) is 0.391. The molecular weight excluding hydrogens is 538 g/mol. The van der Waals surface area contributed by atoms with Gasteiger partial charge in [0.25, 0.3) is 12.3 Å². The number of carbonyl (C=O) groups is 1. The van der Waals surface area contributed by atoms with E-state index in [1.54, 1.807) is 11.8 Å². The molecule has 2 N–H and O–H groups in total. The SMILES string of the molecule is Cc1nsc(Nc2cnc(C(F)(F)F)cn2)c1C(=O)Nc1ccc(OC2CCN(CC(F)F)CC2)c(F)c1. The van der Waals surface area contributed by atoms with Gasteiger partial charge < -0.3 is 15.4 Å². The summed E-state index contributed by atoms with van der Waals surface area (Å²) in [7, 11) is 0. The molecule has 1 saturated heterocycles. The molecule has 0 atom stereocenters. The number of amides is 1. The van der Waals surface area contributed by atoms with E-state index in [0.717, 1.165) is 23.8 Å². The Bertz CT molecular complexity index is 1260. The van der Waals surface area contributed by atoms with Crippen molar-refractivity contribution in [3.63, 3.8) is 0 Å². The summed E-state index contributed by atoms with van der Waals surface area (Å²) in [4.78, 5) is 21.6. The van der Waals surface area contributed by atoms with Crippen molar-refractivity contribution in [3.05, 3.63) is 53.4 Å². The van der Waals surface area contributed by atoms with Gasteiger partial charge in [0, 0.05) is 24.8 Å². The van der Waals surface area contributed by atoms with Crippen LogP contribution in [0, 0.1) is 12.7 Å². The van der Waals surface area contributed by atoms with Crippen molar-refractivity contribution >= 4 is 33.9 Å². The molecule has 1 amide bonds. The van der Waals surface area contributed by atoms with Gasteiger partial charge in [0.05, 0.1) is 30.2 Å². The van der Waals surface area contributed by atoms with Gasteiger partial charge >= 0.3 is 6.18 Å². The minimum atomic E-state index is -4.64. The van der Waals surface area contributed by atoms with Crippen LogP contribution in [-0.4, -0.2) is 57.3 Å². The van der Waals surface area contributed by atoms with E-state index in [1.165, 1.54) is 12.1 Å². The molecule has 1 fully saturated rings. The second kappa shape index (κ2) is 11.5. The summed E-state index contributed by atoms with van der Waals surface area (Å²) in [5.74, 6) is -1.38. The Morgan fingerprint density at radius 3 is 2.55 bits per heavy atom. The molecule has 3 heterocycles. The Balaban J connectivity index is 1.38. The van der Waals surface area contributed by atoms with E-state index in [2.05, 4.69) is 25.0 Å². The number of hydrogen-bond acceptors (Lipinski definition) is 8. The van der Waals surface area contributed by atoms with Crippen molar-refractivity contribution in [2.75, 3.05) is 30.3 Å². The second-order valence-corrected chi connectivity index (χ2v) is 9.26. The van der Waals surface area contributed by atoms with Crippen molar-refractivity contribution in [2.45, 2.75) is 38.5 Å². The van der Waals surface area contributed by atoms with Crippen LogP contribution < -0.4 is 15.4 Å². The van der Waals surface area contributed by atoms with E-state index in [1.807, 2.05) is 0 Å². The van der Waals surface area contributed by atoms with Gasteiger partial charge in [-0.15, -0.1) is 0 Å². The van der Waals surface area contributed by atoms with Gasteiger partial charge in [0.15, 0.2) is 17.3 Å². The Labute approximate surface area is 217 Å². The van der Waals surface area contributed by atoms with Crippen molar-refractivity contribution in [1.82, 2.24) is 19.2 Å². The lowest BCUT2D eigenvalue weighted by atomic mass is 10.1. The third kappa shape index (κ3) is 6.89. The number of benzene rings is 1. The Kier molecular flexibility index (Phi) is 8.35. The average molecular weight is 561 g/mol. The first-order valence-electron chi connectivity index (χ1n) is 11.4. The number of aryl methyl sites for hydroxylation is 1. The molecule has 0 aliphatic carbocycles. The van der Waals surface area contributed by atoms with Gasteiger partial charge in [-0.3, -0.25) is 9.69 Å². The number of aromatic nitrogens is 3. The highest BCUT2D eigenvalue weighted by atomic mass is 32.1. The van der Waals surface area contributed by atoms with Crippen LogP contribution in [0.4, 0.5) is 42.8 Å². The van der Waals surface area contributed by atoms with Crippen LogP contribution in [0.3, 0.4) is 0 Å². The first-order valence-corrected chi connectivity index (χ1v) is 12.2. The quantitative estimate of drug-likeness (QED) is 0.352. The summed E-state index contributed by atoms with van der Waals surface area (Å²) < 4.78 is 87.7. The number of halogens is 6. The fourth-order valence-electron chi connectivity index (χ4n) is 3.83. The van der Waals surface area contributed by atoms with Crippen molar-refractivity contribution < 1.29 is 35.9 Å². The molecule has 204 valence electrons. The summed E-state index contributed by atoms with van der Waals surface area (Å²) in [5, 5.41) is 5.51. The molecule has 1 aliphatic rings. The Morgan fingerprint density at radius 1 is 1.21 bits per heavy atom. The molecule has 38 heavy (non-hydrogen) atoms. The van der Waals surface area contributed by atoms with E-state index >= 15 is 0 Å². The second-order valence-electron chi connectivity index (χ2n) is 8.49. The topological polar surface area (TPSA) is 92.3 Å². The molecule has 15 heteroatoms. The lowest BCUT2D eigenvalue weighted by Crippen LogP contribution is -2.40. The minimum Gasteiger partial charge on any atom is -0.487 e. The molecule has 4 rings (SSSR count). The molecule has 0 unspecified atom stereocenters. The summed E-state index contributed by atoms with van der Waals surface area (Å²) in [6, 6.07) is 3.90. The van der Waals surface area contributed by atoms with Crippen LogP contribution >= 0.6 is 11.5 Å². The number of ether oxygens (including phenoxy) is 1. The van der Waals surface area contributed by atoms with Crippen LogP contribution in [0.1, 0.15) is 34.6 Å². The van der Waals surface area contributed by atoms with Gasteiger partial charge in [-0.2, -0.15) is 17.5 Å². The van der Waals surface area contributed by atoms with Crippen molar-refractivity contribution in [1.29, 1.82) is 0 Å². The smallest absolute Gasteiger partial charge is 0.434 e. The highest BCUT2D eigenvalue weighted by Crippen LogP contribution is 2.31. The van der Waals surface area contributed by atoms with E-state index in [4.69, 9.17) is 4.74 Å². The summed E-state index contributed by atoms with van der Waals surface area (Å²) in [5.41, 5.74) is -0.577. The number of anilines is 3. The van der Waals surface area contributed by atoms with E-state index in [-0.39, 0.29) is 40.5 Å². The molecule has 1 aromatic carbocycles. The Morgan fingerprint density at radius 2 is 1.95 bits per heavy atom. The summed E-state index contributed by atoms with van der Waals surface area (Å²) in [6.45, 7) is 2.11. The van der Waals surface area contributed by atoms with Gasteiger partial charge in [-0.05, 0) is 43.4 Å². The zero-order chi connectivity index (χ0) is 27.4. The third-order valence-corrected chi connectivity index (χ3v) is 6.54. The molecule has 8 nitrogen and oxygen atoms in total. The number of nitrogens with one attached hydrogen (secondary N) is 2. The molecule has 0 bridgehead atoms. The minimum absolute atomic E-state index is 0.0214. The van der Waals surface area contributed by atoms with E-state index in [0.29, 0.717) is 37.8 Å². The van der Waals surface area contributed by atoms with Crippen LogP contribution in [0.5, 0.6) is 5.75 Å². The van der Waals surface area contributed by atoms with Crippen LogP contribution in [0.15, 0.2) is 30.6 Å². The largest absolute Gasteiger partial charge is 0.487 e. The number of nitrogens with zero attached hydrogens (tertiary/aromatic N) is 4. The zero-order valence-electron chi connectivity index (χ0n) is 19.9. The van der Waals surface area contributed by atoms with E-state index < -0.39 is 30.0 Å². The predicted octanol–water partition coefficient (Wildman–Crippen LogP) is 5.50. The standard InChI is InChI=1S/C23H22F6N6O2S/c1-12-20(22(38-34-12)33-19-10-30-17(9-31-19)23(27,28)29)21(36)32-13-2-3-16(15(24)8-13)37-14-4-6-35(7-5-14)11-18(25)26/h2-3,8-10,14,18H,4-7,11H2,1H3,(H,31,33)(H,32,36). The van der Waals surface area contributed by atoms with E-state index in [9.17, 15) is 31.1 Å². The molecule has 3 aromatic rings. The highest BCUT2D eigenvalue weighted by Gasteiger charge is 2.33. The Hall–Kier alpha value is -3.46. The number of likely N-dealkylation sites (tertiary alicyclic amines) is 1. The maximum absolute atomic E-state index is 14.7. The number of hydrogen-bond donors (Lipinski definition) is 2. The number of carbonyl (C=O) groups excluding carboxylic acids is 1. The molecule has 0 radical (unpaired) electrons. The third-order valence-electron chi connectivity index (χ3n) is 5.69. The number of piperidine rings is 1. The van der Waals surface area contributed by atoms with Gasteiger partial charge in [-0.1, -0.05) is 0 Å². The number of rotatable bonds is 8. The molecule has 2 aromatic heterocycles. The van der Waals surface area contributed by atoms with Crippen LogP contribution in [-0.2, 0) is 6.18 Å². The normalized spacial score (nSPS) is 15.1. The zero-order valence-corrected chi connectivity index (χ0v) is 20.7. The monoisotopic (exact) mass is 560 g/mol. The van der Waals surface area contributed by atoms with Gasteiger partial charge in [0.1, 0.15) is 16.9 Å². The molecular formula is C23H22F6N6O2S. The molecule has 1 aliphatic heterocycles. The first kappa shape index (κ1) is 27.6. The van der Waals surface area contributed by atoms with Crippen LogP contribution in [0.25, 0.3) is 0 Å². The fourth-order valence-corrected chi connectivity index (χ4v) is 4.63. The molecule has 0 saturated carbocycles. The van der Waals surface area contributed by atoms with Crippen molar-refractivity contribution in [2.24, 2.45) is 0 Å². The lowest BCUT2D eigenvalue weighted by molar-refractivity contribution is -0.141. The number of alkyl halides is 5. The first-order chi connectivity index (χ1) is 18.0. The van der Waals surface area contributed by atoms with Crippen LogP contribution in [0.2, 0.25) is 0 Å². The van der Waals surface area contributed by atoms with Gasteiger partial charge in [0.2, 0.25) is 0 Å².